The van der Waals surface area contributed by atoms with Crippen LogP contribution >= 0.6 is 0 Å². The maximum atomic E-state index is 5.85. The molecule has 0 saturated carbocycles. The van der Waals surface area contributed by atoms with Crippen molar-refractivity contribution in [3.8, 4) is 5.75 Å². The minimum absolute atomic E-state index is 0.204. The number of hydrogen-bond acceptors (Lipinski definition) is 3. The molecule has 1 aromatic heterocycles. The van der Waals surface area contributed by atoms with E-state index in [4.69, 9.17) is 10.5 Å². The zero-order valence-electron chi connectivity index (χ0n) is 9.65. The van der Waals surface area contributed by atoms with Crippen LogP contribution in [-0.2, 0) is 0 Å². The Kier molecular flexibility index (Phi) is 3.57. The number of aromatic nitrogens is 1. The van der Waals surface area contributed by atoms with Crippen molar-refractivity contribution >= 4 is 5.57 Å². The molecule has 3 heteroatoms. The molecule has 1 aliphatic carbocycles. The first-order valence-corrected chi connectivity index (χ1v) is 5.84. The van der Waals surface area contributed by atoms with Crippen LogP contribution in [0, 0.1) is 0 Å². The molecule has 0 aromatic carbocycles. The van der Waals surface area contributed by atoms with Crippen LogP contribution in [0.5, 0.6) is 5.75 Å². The standard InChI is InChI=1S/C13H18N2O/c1-2-5-16-13-7-11(8-15-9-13)10-3-4-12(14)6-10/h6-9,12H,2-5,14H2,1H3. The summed E-state index contributed by atoms with van der Waals surface area (Å²) in [5.74, 6) is 0.848. The molecule has 0 bridgehead atoms. The zero-order chi connectivity index (χ0) is 11.4. The predicted octanol–water partition coefficient (Wildman–Crippen LogP) is 2.37. The molecule has 1 atom stereocenters. The van der Waals surface area contributed by atoms with Crippen LogP contribution < -0.4 is 10.5 Å². The molecule has 0 radical (unpaired) electrons. The number of nitrogens with two attached hydrogens (primary N) is 1. The Balaban J connectivity index is 2.13. The van der Waals surface area contributed by atoms with E-state index in [9.17, 15) is 0 Å². The van der Waals surface area contributed by atoms with Crippen molar-refractivity contribution in [2.75, 3.05) is 6.61 Å². The quantitative estimate of drug-likeness (QED) is 0.844. The topological polar surface area (TPSA) is 48.1 Å². The van der Waals surface area contributed by atoms with Gasteiger partial charge in [0.1, 0.15) is 5.75 Å². The Morgan fingerprint density at radius 3 is 3.06 bits per heavy atom. The van der Waals surface area contributed by atoms with Gasteiger partial charge in [0.2, 0.25) is 0 Å². The number of nitrogens with zero attached hydrogens (tertiary/aromatic N) is 1. The fourth-order valence-corrected chi connectivity index (χ4v) is 1.88. The van der Waals surface area contributed by atoms with Crippen LogP contribution in [0.2, 0.25) is 0 Å². The van der Waals surface area contributed by atoms with E-state index in [1.807, 2.05) is 12.3 Å². The van der Waals surface area contributed by atoms with Gasteiger partial charge in [0, 0.05) is 12.2 Å². The molecule has 1 aromatic rings. The highest BCUT2D eigenvalue weighted by Gasteiger charge is 2.13. The Morgan fingerprint density at radius 1 is 1.50 bits per heavy atom. The number of rotatable bonds is 4. The molecule has 1 heterocycles. The summed E-state index contributed by atoms with van der Waals surface area (Å²) in [4.78, 5) is 4.20. The summed E-state index contributed by atoms with van der Waals surface area (Å²) in [7, 11) is 0. The molecule has 2 rings (SSSR count). The lowest BCUT2D eigenvalue weighted by molar-refractivity contribution is 0.316. The van der Waals surface area contributed by atoms with E-state index in [-0.39, 0.29) is 6.04 Å². The maximum Gasteiger partial charge on any atom is 0.138 e. The summed E-state index contributed by atoms with van der Waals surface area (Å²) in [6.07, 6.45) is 8.85. The monoisotopic (exact) mass is 218 g/mol. The minimum atomic E-state index is 0.204. The highest BCUT2D eigenvalue weighted by atomic mass is 16.5. The van der Waals surface area contributed by atoms with E-state index in [0.29, 0.717) is 0 Å². The van der Waals surface area contributed by atoms with Crippen LogP contribution in [0.25, 0.3) is 5.57 Å². The van der Waals surface area contributed by atoms with Crippen LogP contribution in [0.15, 0.2) is 24.5 Å². The number of pyridine rings is 1. The van der Waals surface area contributed by atoms with Crippen molar-refractivity contribution in [3.63, 3.8) is 0 Å². The first-order valence-electron chi connectivity index (χ1n) is 5.84. The highest BCUT2D eigenvalue weighted by Crippen LogP contribution is 2.28. The van der Waals surface area contributed by atoms with Crippen molar-refractivity contribution in [3.05, 3.63) is 30.1 Å². The molecule has 0 fully saturated rings. The lowest BCUT2D eigenvalue weighted by atomic mass is 10.1. The Morgan fingerprint density at radius 2 is 2.38 bits per heavy atom. The average molecular weight is 218 g/mol. The molecule has 2 N–H and O–H groups in total. The number of ether oxygens (including phenoxy) is 1. The van der Waals surface area contributed by atoms with Crippen molar-refractivity contribution in [1.29, 1.82) is 0 Å². The summed E-state index contributed by atoms with van der Waals surface area (Å²) in [5, 5.41) is 0. The predicted molar refractivity (Wildman–Crippen MR) is 65.2 cm³/mol. The highest BCUT2D eigenvalue weighted by molar-refractivity contribution is 5.68. The number of allylic oxidation sites excluding steroid dienone is 1. The molecular formula is C13H18N2O. The van der Waals surface area contributed by atoms with Crippen LogP contribution in [0.4, 0.5) is 0 Å². The Hall–Kier alpha value is -1.35. The van der Waals surface area contributed by atoms with Gasteiger partial charge in [-0.25, -0.2) is 0 Å². The van der Waals surface area contributed by atoms with Gasteiger partial charge in [0.15, 0.2) is 0 Å². The lowest BCUT2D eigenvalue weighted by Gasteiger charge is -2.06. The van der Waals surface area contributed by atoms with Crippen molar-refractivity contribution < 1.29 is 4.74 Å². The van der Waals surface area contributed by atoms with Crippen molar-refractivity contribution in [2.45, 2.75) is 32.2 Å². The molecular weight excluding hydrogens is 200 g/mol. The second-order valence-corrected chi connectivity index (χ2v) is 4.15. The van der Waals surface area contributed by atoms with Gasteiger partial charge < -0.3 is 10.5 Å². The van der Waals surface area contributed by atoms with E-state index >= 15 is 0 Å². The van der Waals surface area contributed by atoms with Crippen molar-refractivity contribution in [1.82, 2.24) is 4.98 Å². The molecule has 0 spiro atoms. The van der Waals surface area contributed by atoms with Gasteiger partial charge in [0.25, 0.3) is 0 Å². The van der Waals surface area contributed by atoms with Crippen LogP contribution in [0.3, 0.4) is 0 Å². The number of hydrogen-bond donors (Lipinski definition) is 1. The largest absolute Gasteiger partial charge is 0.492 e. The molecule has 0 aliphatic heterocycles. The van der Waals surface area contributed by atoms with Gasteiger partial charge in [0.05, 0.1) is 12.8 Å². The third-order valence-corrected chi connectivity index (χ3v) is 2.72. The summed E-state index contributed by atoms with van der Waals surface area (Å²) >= 11 is 0. The Labute approximate surface area is 96.3 Å². The SMILES string of the molecule is CCCOc1cncc(C2=CC(N)CC2)c1. The molecule has 1 unspecified atom stereocenters. The third kappa shape index (κ3) is 2.61. The summed E-state index contributed by atoms with van der Waals surface area (Å²) < 4.78 is 5.56. The average Bonchev–Trinajstić information content (AvgIpc) is 2.74. The second-order valence-electron chi connectivity index (χ2n) is 4.15. The van der Waals surface area contributed by atoms with Crippen LogP contribution in [0.1, 0.15) is 31.7 Å². The maximum absolute atomic E-state index is 5.85. The van der Waals surface area contributed by atoms with Gasteiger partial charge in [-0.1, -0.05) is 13.0 Å². The molecule has 0 saturated heterocycles. The van der Waals surface area contributed by atoms with E-state index in [1.54, 1.807) is 6.20 Å². The van der Waals surface area contributed by atoms with E-state index in [2.05, 4.69) is 18.0 Å². The lowest BCUT2D eigenvalue weighted by Crippen LogP contribution is -2.11. The Bertz CT molecular complexity index is 387. The second kappa shape index (κ2) is 5.12. The minimum Gasteiger partial charge on any atom is -0.492 e. The van der Waals surface area contributed by atoms with E-state index in [0.717, 1.165) is 37.2 Å². The molecule has 1 aliphatic rings. The first kappa shape index (κ1) is 11.1. The third-order valence-electron chi connectivity index (χ3n) is 2.72. The fourth-order valence-electron chi connectivity index (χ4n) is 1.88. The molecule has 86 valence electrons. The smallest absolute Gasteiger partial charge is 0.138 e. The van der Waals surface area contributed by atoms with Crippen LogP contribution in [-0.4, -0.2) is 17.6 Å². The van der Waals surface area contributed by atoms with Gasteiger partial charge in [-0.2, -0.15) is 0 Å². The molecule has 0 amide bonds. The van der Waals surface area contributed by atoms with Gasteiger partial charge >= 0.3 is 0 Å². The summed E-state index contributed by atoms with van der Waals surface area (Å²) in [5.41, 5.74) is 8.29. The van der Waals surface area contributed by atoms with Gasteiger partial charge in [-0.05, 0) is 36.5 Å². The first-order chi connectivity index (χ1) is 7.79. The molecule has 3 nitrogen and oxygen atoms in total. The fraction of sp³-hybridized carbons (Fsp3) is 0.462. The van der Waals surface area contributed by atoms with E-state index < -0.39 is 0 Å². The summed E-state index contributed by atoms with van der Waals surface area (Å²) in [6.45, 7) is 2.83. The van der Waals surface area contributed by atoms with Crippen molar-refractivity contribution in [2.24, 2.45) is 5.73 Å². The zero-order valence-corrected chi connectivity index (χ0v) is 9.65. The van der Waals surface area contributed by atoms with Gasteiger partial charge in [-0.3, -0.25) is 4.98 Å². The normalized spacial score (nSPS) is 19.6. The van der Waals surface area contributed by atoms with E-state index in [1.165, 1.54) is 5.57 Å². The molecule has 16 heavy (non-hydrogen) atoms. The summed E-state index contributed by atoms with van der Waals surface area (Å²) in [6, 6.07) is 2.25. The van der Waals surface area contributed by atoms with Gasteiger partial charge in [-0.15, -0.1) is 0 Å².